The Morgan fingerprint density at radius 3 is 2.66 bits per heavy atom. The zero-order valence-electron chi connectivity index (χ0n) is 40.8. The number of aryl methyl sites for hydroxylation is 2. The van der Waals surface area contributed by atoms with Gasteiger partial charge in [0, 0.05) is 80.1 Å². The minimum atomic E-state index is -1.94. The van der Waals surface area contributed by atoms with Gasteiger partial charge in [0.25, 0.3) is 0 Å². The molecule has 1 fully saturated rings. The molecular formula is C57H71N5O8. The number of ether oxygens (including phenoxy) is 2. The number of carbonyl (C=O) groups is 1. The summed E-state index contributed by atoms with van der Waals surface area (Å²) < 4.78 is 12.9. The Balaban J connectivity index is 1.24. The van der Waals surface area contributed by atoms with Crippen LogP contribution in [0.3, 0.4) is 0 Å². The second kappa shape index (κ2) is 21.1. The molecule has 13 heteroatoms. The molecule has 0 aromatic heterocycles. The van der Waals surface area contributed by atoms with Crippen molar-refractivity contribution in [2.24, 2.45) is 33.9 Å². The lowest BCUT2D eigenvalue weighted by Gasteiger charge is -2.44. The van der Waals surface area contributed by atoms with Gasteiger partial charge in [-0.15, -0.1) is 5.92 Å². The van der Waals surface area contributed by atoms with E-state index >= 15 is 0 Å². The summed E-state index contributed by atoms with van der Waals surface area (Å²) in [5.41, 5.74) is 11.8. The molecule has 70 heavy (non-hydrogen) atoms. The van der Waals surface area contributed by atoms with Crippen LogP contribution < -0.4 is 26.4 Å². The van der Waals surface area contributed by atoms with Crippen molar-refractivity contribution in [3.8, 4) is 35.2 Å². The SMILES string of the molecule is CC(=O)O[C@H]1C[C@@H](O)CC[C@]23C#C[C@@H]4C[C@@H]5C#CC[C@H](Cc6cccc(c6)[C@@H](Cc6cc(C)cc(C)c6)CN=C(N)N[C@@H]2C=CC[C@H]3O)NC[C@]2(C5)C[C@@H](CCN2)Oc2cc(c(C(O)O)cc2O)C[C@H]41. The van der Waals surface area contributed by atoms with Crippen LogP contribution in [0.15, 0.2) is 71.7 Å². The van der Waals surface area contributed by atoms with E-state index in [9.17, 15) is 30.3 Å². The first-order valence-electron chi connectivity index (χ1n) is 25.4. The number of nitrogens with one attached hydrogen (secondary N) is 3. The third-order valence-electron chi connectivity index (χ3n) is 15.9. The van der Waals surface area contributed by atoms with Crippen LogP contribution >= 0.6 is 0 Å². The monoisotopic (exact) mass is 954 g/mol. The van der Waals surface area contributed by atoms with Gasteiger partial charge in [0.15, 0.2) is 23.7 Å². The second-order valence-electron chi connectivity index (χ2n) is 21.3. The summed E-state index contributed by atoms with van der Waals surface area (Å²) in [6.45, 7) is 7.29. The Bertz CT molecular complexity index is 2570. The van der Waals surface area contributed by atoms with Gasteiger partial charge in [-0.1, -0.05) is 83.5 Å². The summed E-state index contributed by atoms with van der Waals surface area (Å²) in [6, 6.07) is 17.9. The molecule has 1 saturated heterocycles. The van der Waals surface area contributed by atoms with Crippen molar-refractivity contribution in [2.75, 3.05) is 19.6 Å². The summed E-state index contributed by atoms with van der Waals surface area (Å²) in [6.07, 6.45) is 4.50. The number of piperidine rings is 1. The van der Waals surface area contributed by atoms with Gasteiger partial charge in [0.1, 0.15) is 12.2 Å². The fourth-order valence-electron chi connectivity index (χ4n) is 12.5. The van der Waals surface area contributed by atoms with Gasteiger partial charge in [-0.05, 0) is 113 Å². The normalized spacial score (nSPS) is 33.2. The average Bonchev–Trinajstić information content (AvgIpc) is 3.37. The number of aliphatic hydroxyl groups is 4. The maximum Gasteiger partial charge on any atom is 0.302 e. The number of aliphatic imine (C=N–C) groups is 1. The fourth-order valence-corrected chi connectivity index (χ4v) is 12.5. The minimum Gasteiger partial charge on any atom is -0.504 e. The Morgan fingerprint density at radius 2 is 1.86 bits per heavy atom. The molecule has 3 aromatic carbocycles. The number of hydrogen-bond donors (Lipinski definition) is 9. The first kappa shape index (κ1) is 49.6. The number of fused-ring (bicyclic) bond motifs is 7. The summed E-state index contributed by atoms with van der Waals surface area (Å²) in [5, 5.41) is 68.8. The molecule has 2 spiro atoms. The largest absolute Gasteiger partial charge is 0.504 e. The number of nitrogens with zero attached hydrogens (tertiary/aromatic N) is 1. The van der Waals surface area contributed by atoms with Gasteiger partial charge in [0.05, 0.1) is 23.7 Å². The molecule has 4 aliphatic heterocycles. The van der Waals surface area contributed by atoms with Crippen LogP contribution in [0.2, 0.25) is 0 Å². The molecule has 10 bridgehead atoms. The lowest BCUT2D eigenvalue weighted by atomic mass is 9.66. The van der Waals surface area contributed by atoms with Crippen LogP contribution in [0.4, 0.5) is 0 Å². The van der Waals surface area contributed by atoms with Crippen LogP contribution in [0.1, 0.15) is 116 Å². The van der Waals surface area contributed by atoms with Crippen molar-refractivity contribution < 1.29 is 39.8 Å². The number of nitrogens with two attached hydrogens (primary N) is 1. The molecule has 0 amide bonds. The maximum absolute atomic E-state index is 13.1. The van der Waals surface area contributed by atoms with Crippen molar-refractivity contribution in [1.82, 2.24) is 16.0 Å². The van der Waals surface area contributed by atoms with Crippen LogP contribution in [-0.4, -0.2) is 99.1 Å². The lowest BCUT2D eigenvalue weighted by molar-refractivity contribution is -0.152. The van der Waals surface area contributed by atoms with E-state index in [4.69, 9.17) is 20.2 Å². The van der Waals surface area contributed by atoms with Crippen molar-refractivity contribution in [3.05, 3.63) is 106 Å². The highest BCUT2D eigenvalue weighted by Gasteiger charge is 2.47. The molecule has 2 aliphatic carbocycles. The van der Waals surface area contributed by atoms with Gasteiger partial charge in [0.2, 0.25) is 0 Å². The number of hydrogen-bond acceptors (Lipinski definition) is 13. The third kappa shape index (κ3) is 11.4. The number of rotatable bonds is 4. The maximum atomic E-state index is 13.1. The summed E-state index contributed by atoms with van der Waals surface area (Å²) in [5.74, 6) is 13.1. The number of esters is 1. The first-order valence-corrected chi connectivity index (χ1v) is 25.4. The fraction of sp³-hybridized carbons (Fsp3) is 0.544. The topological polar surface area (TPSA) is 211 Å². The molecule has 10 N–H and O–H groups in total. The standard InChI is InChI=1S/C57H71N5O8/c1-34-19-35(2)21-39(20-34)24-43-32-59-55(58)62-52-11-6-12-53(66)57(52)16-13-41-23-38-8-5-10-44(25-37-7-4-9-40(43)22-37)60-33-56(30-38)31-46(15-18-61-56)70-51-27-42(48(54(67)68)29-49(51)65)26-47(41)50(69-36(3)63)28-45(64)14-17-57/h4,6-7,9,11,19-22,27,29,38,41,43-47,50,52-54,60-61,64-68H,10,12,14-15,17-18,23-26,28,30-33H2,1-3H3,(H3,58,59,62)/t38-,41+,43-,44+,45-,46+,47+,50-,52+,53+,56-,57+/m0/s1. The Labute approximate surface area is 412 Å². The number of guanidine groups is 1. The number of phenols is 1. The van der Waals surface area contributed by atoms with Crippen molar-refractivity contribution in [3.63, 3.8) is 0 Å². The Morgan fingerprint density at radius 1 is 1.03 bits per heavy atom. The van der Waals surface area contributed by atoms with Gasteiger partial charge in [-0.2, -0.15) is 0 Å². The van der Waals surface area contributed by atoms with Crippen LogP contribution in [0.5, 0.6) is 11.5 Å². The second-order valence-corrected chi connectivity index (χ2v) is 21.3. The van der Waals surface area contributed by atoms with E-state index in [1.165, 1.54) is 40.8 Å². The van der Waals surface area contributed by atoms with E-state index < -0.39 is 59.4 Å². The molecule has 0 radical (unpaired) electrons. The zero-order valence-corrected chi connectivity index (χ0v) is 40.8. The highest BCUT2D eigenvalue weighted by Crippen LogP contribution is 2.44. The first-order chi connectivity index (χ1) is 33.6. The van der Waals surface area contributed by atoms with Gasteiger partial charge >= 0.3 is 5.97 Å². The number of aromatic hydroxyl groups is 1. The van der Waals surface area contributed by atoms with Crippen LogP contribution in [0, 0.1) is 60.7 Å². The Hall–Kier alpha value is -5.38. The van der Waals surface area contributed by atoms with E-state index in [-0.39, 0.29) is 66.3 Å². The molecule has 9 rings (SSSR count). The van der Waals surface area contributed by atoms with E-state index in [1.54, 1.807) is 6.07 Å². The van der Waals surface area contributed by atoms with Gasteiger partial charge < -0.3 is 56.7 Å². The lowest BCUT2D eigenvalue weighted by Crippen LogP contribution is -2.60. The van der Waals surface area contributed by atoms with E-state index in [2.05, 4.69) is 95.9 Å². The molecule has 6 aliphatic rings. The molecule has 0 saturated carbocycles. The van der Waals surface area contributed by atoms with E-state index in [0.29, 0.717) is 70.1 Å². The summed E-state index contributed by atoms with van der Waals surface area (Å²) in [7, 11) is 0. The third-order valence-corrected chi connectivity index (χ3v) is 15.9. The predicted molar refractivity (Wildman–Crippen MR) is 269 cm³/mol. The number of carbonyl (C=O) groups excluding carboxylic acids is 1. The molecule has 3 aromatic rings. The van der Waals surface area contributed by atoms with Crippen molar-refractivity contribution >= 4 is 11.9 Å². The summed E-state index contributed by atoms with van der Waals surface area (Å²) in [4.78, 5) is 18.1. The molecule has 0 unspecified atom stereocenters. The molecule has 12 atom stereocenters. The van der Waals surface area contributed by atoms with Crippen LogP contribution in [-0.2, 0) is 28.8 Å². The number of phenolic OH excluding ortho intramolecular Hbond substituents is 1. The predicted octanol–water partition coefficient (Wildman–Crippen LogP) is 5.05. The summed E-state index contributed by atoms with van der Waals surface area (Å²) >= 11 is 0. The van der Waals surface area contributed by atoms with E-state index in [1.807, 2.05) is 12.2 Å². The van der Waals surface area contributed by atoms with Crippen LogP contribution in [0.25, 0.3) is 0 Å². The molecule has 4 heterocycles. The minimum absolute atomic E-state index is 0.00860. The van der Waals surface area contributed by atoms with Crippen molar-refractivity contribution in [2.45, 2.75) is 152 Å². The smallest absolute Gasteiger partial charge is 0.302 e. The highest BCUT2D eigenvalue weighted by atomic mass is 16.5. The quantitative estimate of drug-likeness (QED) is 0.0728. The highest BCUT2D eigenvalue weighted by molar-refractivity contribution is 5.78. The average molecular weight is 954 g/mol. The molecule has 13 nitrogen and oxygen atoms in total. The van der Waals surface area contributed by atoms with Gasteiger partial charge in [-0.3, -0.25) is 9.79 Å². The van der Waals surface area contributed by atoms with Gasteiger partial charge in [-0.25, -0.2) is 0 Å². The Kier molecular flexibility index (Phi) is 15.0. The number of benzene rings is 3. The van der Waals surface area contributed by atoms with E-state index in [0.717, 1.165) is 12.8 Å². The molecule has 372 valence electrons. The zero-order chi connectivity index (χ0) is 49.2. The number of aliphatic hydroxyl groups excluding tert-OH is 3. The molecular weight excluding hydrogens is 883 g/mol. The van der Waals surface area contributed by atoms with Crippen molar-refractivity contribution in [1.29, 1.82) is 0 Å².